The number of benzene rings is 1. The molecular formula is C18H19N3O. The molecule has 112 valence electrons. The summed E-state index contributed by atoms with van der Waals surface area (Å²) in [6.45, 7) is 1.72. The first-order valence-electron chi connectivity index (χ1n) is 7.48. The Morgan fingerprint density at radius 1 is 1.23 bits per heavy atom. The van der Waals surface area contributed by atoms with Crippen LogP contribution in [-0.4, -0.2) is 25.2 Å². The number of anilines is 1. The Labute approximate surface area is 131 Å². The molecule has 1 saturated heterocycles. The van der Waals surface area contributed by atoms with Crippen LogP contribution in [0.5, 0.6) is 5.75 Å². The van der Waals surface area contributed by atoms with Crippen LogP contribution in [0, 0.1) is 11.3 Å². The standard InChI is InChI=1S/C18H19N3O/c1-22-17-6-2-4-15(12-17)18(14-19)7-10-21(11-8-18)16-5-3-9-20-13-16/h2-6,9,12-13H,7-8,10-11H2,1H3. The quantitative estimate of drug-likeness (QED) is 0.872. The maximum atomic E-state index is 9.79. The average molecular weight is 293 g/mol. The van der Waals surface area contributed by atoms with Gasteiger partial charge >= 0.3 is 0 Å². The molecule has 0 N–H and O–H groups in total. The van der Waals surface area contributed by atoms with Gasteiger partial charge in [-0.25, -0.2) is 0 Å². The number of methoxy groups -OCH3 is 1. The predicted octanol–water partition coefficient (Wildman–Crippen LogP) is 3.15. The molecule has 1 aliphatic rings. The third-order valence-electron chi connectivity index (χ3n) is 4.46. The lowest BCUT2D eigenvalue weighted by atomic mass is 9.74. The first-order chi connectivity index (χ1) is 10.8. The number of hydrogen-bond acceptors (Lipinski definition) is 4. The second kappa shape index (κ2) is 6.07. The summed E-state index contributed by atoms with van der Waals surface area (Å²) < 4.78 is 5.30. The number of piperidine rings is 1. The molecule has 1 aliphatic heterocycles. The van der Waals surface area contributed by atoms with Crippen LogP contribution in [0.2, 0.25) is 0 Å². The third kappa shape index (κ3) is 2.62. The van der Waals surface area contributed by atoms with Crippen molar-refractivity contribution in [1.29, 1.82) is 5.26 Å². The van der Waals surface area contributed by atoms with E-state index in [9.17, 15) is 5.26 Å². The molecule has 0 spiro atoms. The van der Waals surface area contributed by atoms with Gasteiger partial charge in [-0.2, -0.15) is 5.26 Å². The van der Waals surface area contributed by atoms with E-state index in [0.29, 0.717) is 0 Å². The van der Waals surface area contributed by atoms with E-state index in [2.05, 4.69) is 22.0 Å². The molecule has 0 bridgehead atoms. The number of hydrogen-bond donors (Lipinski definition) is 0. The van der Waals surface area contributed by atoms with Gasteiger partial charge in [0, 0.05) is 19.3 Å². The number of ether oxygens (including phenoxy) is 1. The van der Waals surface area contributed by atoms with Gasteiger partial charge in [0.05, 0.1) is 30.5 Å². The van der Waals surface area contributed by atoms with Gasteiger partial charge in [0.1, 0.15) is 5.75 Å². The summed E-state index contributed by atoms with van der Waals surface area (Å²) in [7, 11) is 1.66. The Balaban J connectivity index is 1.81. The summed E-state index contributed by atoms with van der Waals surface area (Å²) in [5.41, 5.74) is 1.76. The normalized spacial score (nSPS) is 16.8. The molecule has 0 saturated carbocycles. The fourth-order valence-corrected chi connectivity index (χ4v) is 3.07. The Bertz CT molecular complexity index is 670. The molecule has 3 rings (SSSR count). The van der Waals surface area contributed by atoms with Crippen molar-refractivity contribution < 1.29 is 4.74 Å². The molecule has 4 heteroatoms. The molecule has 1 aromatic heterocycles. The van der Waals surface area contributed by atoms with Crippen LogP contribution < -0.4 is 9.64 Å². The molecule has 4 nitrogen and oxygen atoms in total. The van der Waals surface area contributed by atoms with Crippen molar-refractivity contribution in [2.24, 2.45) is 0 Å². The molecule has 0 atom stereocenters. The zero-order chi connectivity index (χ0) is 15.4. The van der Waals surface area contributed by atoms with Crippen LogP contribution >= 0.6 is 0 Å². The smallest absolute Gasteiger partial charge is 0.119 e. The van der Waals surface area contributed by atoms with Gasteiger partial charge in [0.25, 0.3) is 0 Å². The van der Waals surface area contributed by atoms with Gasteiger partial charge in [0.15, 0.2) is 0 Å². The van der Waals surface area contributed by atoms with Crippen LogP contribution in [0.4, 0.5) is 5.69 Å². The van der Waals surface area contributed by atoms with E-state index in [-0.39, 0.29) is 0 Å². The van der Waals surface area contributed by atoms with Gasteiger partial charge in [-0.1, -0.05) is 12.1 Å². The summed E-state index contributed by atoms with van der Waals surface area (Å²) in [4.78, 5) is 6.47. The number of rotatable bonds is 3. The highest BCUT2D eigenvalue weighted by Gasteiger charge is 2.36. The molecular weight excluding hydrogens is 274 g/mol. The second-order valence-corrected chi connectivity index (χ2v) is 5.62. The molecule has 0 radical (unpaired) electrons. The van der Waals surface area contributed by atoms with E-state index in [0.717, 1.165) is 42.9 Å². The van der Waals surface area contributed by atoms with Crippen molar-refractivity contribution in [2.45, 2.75) is 18.3 Å². The monoisotopic (exact) mass is 293 g/mol. The topological polar surface area (TPSA) is 49.1 Å². The summed E-state index contributed by atoms with van der Waals surface area (Å²) in [5, 5.41) is 9.79. The molecule has 0 amide bonds. The number of nitrogens with zero attached hydrogens (tertiary/aromatic N) is 3. The Morgan fingerprint density at radius 3 is 2.68 bits per heavy atom. The average Bonchev–Trinajstić information content (AvgIpc) is 2.62. The SMILES string of the molecule is COc1cccc(C2(C#N)CCN(c3cccnc3)CC2)c1. The van der Waals surface area contributed by atoms with Crippen molar-refractivity contribution in [1.82, 2.24) is 4.98 Å². The maximum Gasteiger partial charge on any atom is 0.119 e. The zero-order valence-corrected chi connectivity index (χ0v) is 12.7. The van der Waals surface area contributed by atoms with E-state index in [4.69, 9.17) is 4.74 Å². The van der Waals surface area contributed by atoms with Gasteiger partial charge in [-0.05, 0) is 42.7 Å². The number of aromatic nitrogens is 1. The minimum Gasteiger partial charge on any atom is -0.497 e. The summed E-state index contributed by atoms with van der Waals surface area (Å²) in [6.07, 6.45) is 5.28. The molecule has 1 aromatic carbocycles. The second-order valence-electron chi connectivity index (χ2n) is 5.62. The van der Waals surface area contributed by atoms with Gasteiger partial charge in [0.2, 0.25) is 0 Å². The van der Waals surface area contributed by atoms with E-state index < -0.39 is 5.41 Å². The Morgan fingerprint density at radius 2 is 2.05 bits per heavy atom. The van der Waals surface area contributed by atoms with E-state index in [1.165, 1.54) is 0 Å². The highest BCUT2D eigenvalue weighted by atomic mass is 16.5. The largest absolute Gasteiger partial charge is 0.497 e. The maximum absolute atomic E-state index is 9.79. The number of pyridine rings is 1. The molecule has 2 heterocycles. The van der Waals surface area contributed by atoms with Crippen molar-refractivity contribution in [3.63, 3.8) is 0 Å². The van der Waals surface area contributed by atoms with Crippen LogP contribution in [0.1, 0.15) is 18.4 Å². The highest BCUT2D eigenvalue weighted by molar-refractivity contribution is 5.46. The van der Waals surface area contributed by atoms with Crippen molar-refractivity contribution >= 4 is 5.69 Å². The van der Waals surface area contributed by atoms with Crippen LogP contribution in [0.25, 0.3) is 0 Å². The lowest BCUT2D eigenvalue weighted by Crippen LogP contribution is -2.42. The highest BCUT2D eigenvalue weighted by Crippen LogP contribution is 2.37. The Kier molecular flexibility index (Phi) is 3.97. The van der Waals surface area contributed by atoms with Crippen molar-refractivity contribution in [3.8, 4) is 11.8 Å². The van der Waals surface area contributed by atoms with E-state index in [1.54, 1.807) is 13.3 Å². The molecule has 2 aromatic rings. The van der Waals surface area contributed by atoms with Crippen LogP contribution in [-0.2, 0) is 5.41 Å². The van der Waals surface area contributed by atoms with Crippen molar-refractivity contribution in [3.05, 3.63) is 54.4 Å². The molecule has 0 unspecified atom stereocenters. The van der Waals surface area contributed by atoms with Crippen LogP contribution in [0.3, 0.4) is 0 Å². The number of nitriles is 1. The van der Waals surface area contributed by atoms with Gasteiger partial charge < -0.3 is 9.64 Å². The zero-order valence-electron chi connectivity index (χ0n) is 12.7. The fourth-order valence-electron chi connectivity index (χ4n) is 3.07. The van der Waals surface area contributed by atoms with E-state index in [1.807, 2.05) is 36.5 Å². The summed E-state index contributed by atoms with van der Waals surface area (Å²) in [5.74, 6) is 0.807. The minimum absolute atomic E-state index is 0.423. The van der Waals surface area contributed by atoms with Gasteiger partial charge in [-0.15, -0.1) is 0 Å². The van der Waals surface area contributed by atoms with E-state index >= 15 is 0 Å². The lowest BCUT2D eigenvalue weighted by Gasteiger charge is -2.38. The first kappa shape index (κ1) is 14.4. The predicted molar refractivity (Wildman–Crippen MR) is 86.0 cm³/mol. The first-order valence-corrected chi connectivity index (χ1v) is 7.48. The molecule has 1 fully saturated rings. The Hall–Kier alpha value is -2.54. The van der Waals surface area contributed by atoms with Gasteiger partial charge in [-0.3, -0.25) is 4.98 Å². The minimum atomic E-state index is -0.423. The van der Waals surface area contributed by atoms with Crippen LogP contribution in [0.15, 0.2) is 48.8 Å². The lowest BCUT2D eigenvalue weighted by molar-refractivity contribution is 0.400. The molecule has 0 aliphatic carbocycles. The van der Waals surface area contributed by atoms with Crippen molar-refractivity contribution in [2.75, 3.05) is 25.1 Å². The summed E-state index contributed by atoms with van der Waals surface area (Å²) in [6, 6.07) is 14.5. The summed E-state index contributed by atoms with van der Waals surface area (Å²) >= 11 is 0. The fraction of sp³-hybridized carbons (Fsp3) is 0.333. The third-order valence-corrected chi connectivity index (χ3v) is 4.46. The molecule has 22 heavy (non-hydrogen) atoms.